The average Bonchev–Trinajstić information content (AvgIpc) is 2.23. The van der Waals surface area contributed by atoms with E-state index in [1.807, 2.05) is 0 Å². The Balaban J connectivity index is 0.00000180. The van der Waals surface area contributed by atoms with Crippen molar-refractivity contribution in [3.63, 3.8) is 0 Å². The molecule has 0 aromatic heterocycles. The molecule has 1 fully saturated rings. The normalized spacial score (nSPS) is 16.2. The fraction of sp³-hybridized carbons (Fsp3) is 0.333. The molecule has 0 bridgehead atoms. The third-order valence-corrected chi connectivity index (χ3v) is 3.12. The van der Waals surface area contributed by atoms with Crippen LogP contribution in [-0.2, 0) is 16.1 Å². The van der Waals surface area contributed by atoms with Crippen LogP contribution in [0.1, 0.15) is 5.56 Å². The zero-order chi connectivity index (χ0) is 13.3. The number of carboxylic acids is 2. The Morgan fingerprint density at radius 2 is 1.65 bits per heavy atom. The molecule has 96 valence electrons. The van der Waals surface area contributed by atoms with Gasteiger partial charge in [-0.05, 0) is 6.07 Å². The van der Waals surface area contributed by atoms with Gasteiger partial charge in [0.15, 0.2) is 0 Å². The minimum absolute atomic E-state index is 0. The molecule has 1 heterocycles. The first-order chi connectivity index (χ1) is 8.45. The van der Waals surface area contributed by atoms with Crippen molar-refractivity contribution in [2.75, 3.05) is 13.1 Å². The Bertz CT molecular complexity index is 490. The van der Waals surface area contributed by atoms with E-state index in [1.165, 1.54) is 11.0 Å². The zero-order valence-electron chi connectivity index (χ0n) is 11.4. The Hall–Kier alpha value is 0.0500. The molecule has 20 heavy (non-hydrogen) atoms. The largest absolute Gasteiger partial charge is 1.00 e. The maximum absolute atomic E-state index is 13.3. The Kier molecular flexibility index (Phi) is 7.91. The number of hydrogen-bond donors (Lipinski definition) is 0. The second kappa shape index (κ2) is 7.89. The SMILES string of the molecule is O=C([O-])C1(C(=O)[O-])CN(Cc2ccccc2F)C1.[Na+].[Na+]. The van der Waals surface area contributed by atoms with Gasteiger partial charge >= 0.3 is 59.1 Å². The van der Waals surface area contributed by atoms with Crippen molar-refractivity contribution in [2.24, 2.45) is 5.41 Å². The van der Waals surface area contributed by atoms with Crippen molar-refractivity contribution in [2.45, 2.75) is 6.54 Å². The number of carbonyl (C=O) groups excluding carboxylic acids is 2. The Morgan fingerprint density at radius 1 is 1.15 bits per heavy atom. The molecule has 1 saturated heterocycles. The summed E-state index contributed by atoms with van der Waals surface area (Å²) >= 11 is 0. The van der Waals surface area contributed by atoms with Crippen LogP contribution in [0.3, 0.4) is 0 Å². The molecule has 1 aliphatic heterocycles. The first kappa shape index (κ1) is 20.1. The molecule has 0 N–H and O–H groups in total. The topological polar surface area (TPSA) is 83.5 Å². The van der Waals surface area contributed by atoms with Gasteiger partial charge in [-0.3, -0.25) is 4.90 Å². The number of benzene rings is 1. The van der Waals surface area contributed by atoms with Crippen LogP contribution in [-0.4, -0.2) is 29.9 Å². The van der Waals surface area contributed by atoms with E-state index in [0.717, 1.165) is 0 Å². The summed E-state index contributed by atoms with van der Waals surface area (Å²) in [6.07, 6.45) is 0. The molecule has 1 aromatic rings. The van der Waals surface area contributed by atoms with E-state index in [4.69, 9.17) is 0 Å². The maximum Gasteiger partial charge on any atom is 1.00 e. The molecule has 0 atom stereocenters. The van der Waals surface area contributed by atoms with E-state index < -0.39 is 23.2 Å². The molecule has 0 saturated carbocycles. The van der Waals surface area contributed by atoms with Gasteiger partial charge in [0, 0.05) is 25.2 Å². The van der Waals surface area contributed by atoms with Gasteiger partial charge in [0.05, 0.1) is 17.4 Å². The van der Waals surface area contributed by atoms with E-state index in [9.17, 15) is 24.2 Å². The summed E-state index contributed by atoms with van der Waals surface area (Å²) in [4.78, 5) is 23.1. The van der Waals surface area contributed by atoms with Crippen LogP contribution < -0.4 is 69.3 Å². The van der Waals surface area contributed by atoms with Crippen LogP contribution in [0.5, 0.6) is 0 Å². The van der Waals surface area contributed by atoms with Crippen LogP contribution in [0.25, 0.3) is 0 Å². The van der Waals surface area contributed by atoms with Crippen LogP contribution in [0.4, 0.5) is 4.39 Å². The minimum atomic E-state index is -1.97. The van der Waals surface area contributed by atoms with Crippen molar-refractivity contribution in [1.82, 2.24) is 4.90 Å². The van der Waals surface area contributed by atoms with E-state index in [0.29, 0.717) is 5.56 Å². The van der Waals surface area contributed by atoms with E-state index >= 15 is 0 Å². The summed E-state index contributed by atoms with van der Waals surface area (Å²) in [7, 11) is 0. The van der Waals surface area contributed by atoms with E-state index in [-0.39, 0.29) is 78.7 Å². The first-order valence-electron chi connectivity index (χ1n) is 5.34. The van der Waals surface area contributed by atoms with Crippen LogP contribution in [0, 0.1) is 11.2 Å². The second-order valence-electron chi connectivity index (χ2n) is 4.39. The van der Waals surface area contributed by atoms with Crippen molar-refractivity contribution >= 4 is 11.9 Å². The van der Waals surface area contributed by atoms with Gasteiger partial charge in [-0.2, -0.15) is 0 Å². The number of hydrogen-bond acceptors (Lipinski definition) is 5. The molecule has 1 aromatic carbocycles. The van der Waals surface area contributed by atoms with Gasteiger partial charge in [0.1, 0.15) is 5.82 Å². The predicted octanol–water partition coefficient (Wildman–Crippen LogP) is -7.86. The van der Waals surface area contributed by atoms with Gasteiger partial charge in [-0.25, -0.2) is 4.39 Å². The summed E-state index contributed by atoms with van der Waals surface area (Å²) in [6, 6.07) is 6.05. The fourth-order valence-electron chi connectivity index (χ4n) is 2.04. The van der Waals surface area contributed by atoms with E-state index in [1.54, 1.807) is 18.2 Å². The third-order valence-electron chi connectivity index (χ3n) is 3.12. The molecular formula is C12H10FNNa2O4. The Morgan fingerprint density at radius 3 is 2.10 bits per heavy atom. The molecule has 2 rings (SSSR count). The summed E-state index contributed by atoms with van der Waals surface area (Å²) in [6.45, 7) is -0.299. The van der Waals surface area contributed by atoms with Crippen molar-refractivity contribution < 1.29 is 83.3 Å². The minimum Gasteiger partial charge on any atom is -0.549 e. The van der Waals surface area contributed by atoms with Crippen LogP contribution in [0.15, 0.2) is 24.3 Å². The van der Waals surface area contributed by atoms with Gasteiger partial charge in [0.2, 0.25) is 0 Å². The number of rotatable bonds is 4. The smallest absolute Gasteiger partial charge is 0.549 e. The summed E-state index contributed by atoms with van der Waals surface area (Å²) < 4.78 is 13.3. The van der Waals surface area contributed by atoms with Gasteiger partial charge in [-0.15, -0.1) is 0 Å². The second-order valence-corrected chi connectivity index (χ2v) is 4.39. The number of carboxylic acid groups (broad SMARTS) is 2. The molecule has 0 unspecified atom stereocenters. The Labute approximate surface area is 159 Å². The van der Waals surface area contributed by atoms with Crippen molar-refractivity contribution in [3.05, 3.63) is 35.6 Å². The maximum atomic E-state index is 13.3. The van der Waals surface area contributed by atoms with Crippen LogP contribution in [0.2, 0.25) is 0 Å². The quantitative estimate of drug-likeness (QED) is 0.407. The number of carbonyl (C=O) groups is 2. The van der Waals surface area contributed by atoms with Crippen molar-refractivity contribution in [1.29, 1.82) is 0 Å². The molecular weight excluding hydrogens is 287 g/mol. The van der Waals surface area contributed by atoms with Gasteiger partial charge in [0.25, 0.3) is 0 Å². The molecule has 8 heteroatoms. The molecule has 0 aliphatic carbocycles. The summed E-state index contributed by atoms with van der Waals surface area (Å²) in [5, 5.41) is 21.6. The van der Waals surface area contributed by atoms with E-state index in [2.05, 4.69) is 0 Å². The summed E-state index contributed by atoms with van der Waals surface area (Å²) in [5.74, 6) is -3.73. The van der Waals surface area contributed by atoms with Crippen molar-refractivity contribution in [3.8, 4) is 0 Å². The molecule has 1 aliphatic rings. The molecule has 0 radical (unpaired) electrons. The number of nitrogens with zero attached hydrogens (tertiary/aromatic N) is 1. The standard InChI is InChI=1S/C12H12FNO4.2Na/c13-9-4-2-1-3-8(9)5-14-6-12(7-14,10(15)16)11(17)18;;/h1-4H,5-7H2,(H,15,16)(H,17,18);;/q;2*+1/p-2. The molecule has 0 spiro atoms. The number of likely N-dealkylation sites (tertiary alicyclic amines) is 1. The first-order valence-corrected chi connectivity index (χ1v) is 5.34. The van der Waals surface area contributed by atoms with Crippen LogP contribution >= 0.6 is 0 Å². The van der Waals surface area contributed by atoms with Gasteiger partial charge < -0.3 is 19.8 Å². The number of aliphatic carboxylic acids is 2. The third kappa shape index (κ3) is 3.82. The molecule has 0 amide bonds. The predicted molar refractivity (Wildman–Crippen MR) is 54.1 cm³/mol. The fourth-order valence-corrected chi connectivity index (χ4v) is 2.04. The average molecular weight is 297 g/mol. The zero-order valence-corrected chi connectivity index (χ0v) is 15.4. The number of halogens is 1. The summed E-state index contributed by atoms with van der Waals surface area (Å²) in [5.41, 5.74) is -1.58. The monoisotopic (exact) mass is 297 g/mol. The molecule has 5 nitrogen and oxygen atoms in total. The van der Waals surface area contributed by atoms with Gasteiger partial charge in [-0.1, -0.05) is 18.2 Å².